The molecular weight excluding hydrogens is 396 g/mol. The van der Waals surface area contributed by atoms with Gasteiger partial charge in [-0.05, 0) is 66.4 Å². The molecule has 0 aromatic heterocycles. The van der Waals surface area contributed by atoms with Gasteiger partial charge in [-0.2, -0.15) is 0 Å². The average Bonchev–Trinajstić information content (AvgIpc) is 2.73. The molecule has 0 spiro atoms. The SMILES string of the molecule is COc1ccc(/C=C2\C(=O)NC(=S)N(c3cc(C)ccc3C)C2=O)c2ccccc12. The van der Waals surface area contributed by atoms with Crippen molar-refractivity contribution >= 4 is 51.7 Å². The van der Waals surface area contributed by atoms with Crippen molar-refractivity contribution in [3.63, 3.8) is 0 Å². The number of hydrogen-bond acceptors (Lipinski definition) is 4. The molecule has 0 aliphatic carbocycles. The molecule has 30 heavy (non-hydrogen) atoms. The standard InChI is InChI=1S/C24H20N2O3S/c1-14-8-9-15(2)20(12-14)26-23(28)19(22(27)25-24(26)30)13-16-10-11-21(29-3)18-7-5-4-6-17(16)18/h4-13H,1-3H3,(H,25,27,30)/b19-13+. The zero-order chi connectivity index (χ0) is 21.4. The zero-order valence-electron chi connectivity index (χ0n) is 16.9. The van der Waals surface area contributed by atoms with Crippen LogP contribution >= 0.6 is 12.2 Å². The molecule has 1 aliphatic rings. The first-order valence-electron chi connectivity index (χ1n) is 9.45. The molecule has 0 radical (unpaired) electrons. The van der Waals surface area contributed by atoms with E-state index < -0.39 is 11.8 Å². The zero-order valence-corrected chi connectivity index (χ0v) is 17.7. The Labute approximate surface area is 179 Å². The van der Waals surface area contributed by atoms with Crippen LogP contribution in [0.15, 0.2) is 60.2 Å². The molecule has 1 saturated heterocycles. The summed E-state index contributed by atoms with van der Waals surface area (Å²) in [4.78, 5) is 27.4. The van der Waals surface area contributed by atoms with Crippen molar-refractivity contribution < 1.29 is 14.3 Å². The highest BCUT2D eigenvalue weighted by atomic mass is 32.1. The number of benzene rings is 3. The fourth-order valence-corrected chi connectivity index (χ4v) is 3.86. The smallest absolute Gasteiger partial charge is 0.270 e. The van der Waals surface area contributed by atoms with Crippen molar-refractivity contribution in [3.8, 4) is 5.75 Å². The highest BCUT2D eigenvalue weighted by Gasteiger charge is 2.35. The minimum absolute atomic E-state index is 0.0276. The number of hydrogen-bond donors (Lipinski definition) is 1. The number of aryl methyl sites for hydroxylation is 2. The summed E-state index contributed by atoms with van der Waals surface area (Å²) in [6, 6.07) is 17.1. The first-order valence-corrected chi connectivity index (χ1v) is 9.86. The van der Waals surface area contributed by atoms with Crippen LogP contribution in [-0.2, 0) is 9.59 Å². The van der Waals surface area contributed by atoms with Crippen LogP contribution in [0.1, 0.15) is 16.7 Å². The third-order valence-corrected chi connectivity index (χ3v) is 5.43. The Morgan fingerprint density at radius 2 is 1.73 bits per heavy atom. The summed E-state index contributed by atoms with van der Waals surface area (Å²) in [6.07, 6.45) is 1.61. The largest absolute Gasteiger partial charge is 0.496 e. The van der Waals surface area contributed by atoms with Gasteiger partial charge in [0.25, 0.3) is 11.8 Å². The predicted molar refractivity (Wildman–Crippen MR) is 123 cm³/mol. The van der Waals surface area contributed by atoms with Gasteiger partial charge < -0.3 is 4.74 Å². The molecule has 4 rings (SSSR count). The quantitative estimate of drug-likeness (QED) is 0.393. The van der Waals surface area contributed by atoms with Crippen molar-refractivity contribution in [2.45, 2.75) is 13.8 Å². The number of ether oxygens (including phenoxy) is 1. The van der Waals surface area contributed by atoms with Gasteiger partial charge in [0.15, 0.2) is 5.11 Å². The number of rotatable bonds is 3. The summed E-state index contributed by atoms with van der Waals surface area (Å²) in [5.74, 6) is -0.228. The maximum atomic E-state index is 13.4. The molecule has 0 unspecified atom stereocenters. The van der Waals surface area contributed by atoms with Gasteiger partial charge in [-0.25, -0.2) is 0 Å². The predicted octanol–water partition coefficient (Wildman–Crippen LogP) is 4.30. The maximum absolute atomic E-state index is 13.4. The lowest BCUT2D eigenvalue weighted by Crippen LogP contribution is -2.54. The fourth-order valence-electron chi connectivity index (χ4n) is 3.59. The lowest BCUT2D eigenvalue weighted by molar-refractivity contribution is -0.122. The number of carbonyl (C=O) groups excluding carboxylic acids is 2. The van der Waals surface area contributed by atoms with E-state index in [9.17, 15) is 9.59 Å². The Morgan fingerprint density at radius 3 is 2.47 bits per heavy atom. The Morgan fingerprint density at radius 1 is 1.00 bits per heavy atom. The van der Waals surface area contributed by atoms with E-state index in [-0.39, 0.29) is 10.7 Å². The molecule has 1 fully saturated rings. The molecule has 5 nitrogen and oxygen atoms in total. The fraction of sp³-hybridized carbons (Fsp3) is 0.125. The number of fused-ring (bicyclic) bond motifs is 1. The van der Waals surface area contributed by atoms with Crippen LogP contribution in [-0.4, -0.2) is 24.0 Å². The average molecular weight is 417 g/mol. The van der Waals surface area contributed by atoms with Gasteiger partial charge in [0.1, 0.15) is 11.3 Å². The third kappa shape index (κ3) is 3.35. The molecule has 1 N–H and O–H groups in total. The van der Waals surface area contributed by atoms with Crippen molar-refractivity contribution in [3.05, 3.63) is 76.9 Å². The van der Waals surface area contributed by atoms with E-state index in [2.05, 4.69) is 5.32 Å². The number of carbonyl (C=O) groups is 2. The van der Waals surface area contributed by atoms with Crippen LogP contribution in [0.5, 0.6) is 5.75 Å². The Hall–Kier alpha value is -3.51. The van der Waals surface area contributed by atoms with E-state index in [0.717, 1.165) is 33.2 Å². The van der Waals surface area contributed by atoms with Gasteiger partial charge in [0, 0.05) is 5.39 Å². The van der Waals surface area contributed by atoms with Crippen LogP contribution in [0.2, 0.25) is 0 Å². The van der Waals surface area contributed by atoms with Crippen LogP contribution in [0, 0.1) is 13.8 Å². The van der Waals surface area contributed by atoms with Gasteiger partial charge >= 0.3 is 0 Å². The lowest BCUT2D eigenvalue weighted by Gasteiger charge is -2.30. The van der Waals surface area contributed by atoms with E-state index in [4.69, 9.17) is 17.0 Å². The van der Waals surface area contributed by atoms with Crippen LogP contribution < -0.4 is 15.0 Å². The molecule has 0 saturated carbocycles. The number of methoxy groups -OCH3 is 1. The second kappa shape index (κ2) is 7.72. The topological polar surface area (TPSA) is 58.6 Å². The number of nitrogens with zero attached hydrogens (tertiary/aromatic N) is 1. The molecular formula is C24H20N2O3S. The Kier molecular flexibility index (Phi) is 5.10. The van der Waals surface area contributed by atoms with Gasteiger partial charge in [0.05, 0.1) is 12.8 Å². The number of amides is 2. The summed E-state index contributed by atoms with van der Waals surface area (Å²) in [5, 5.41) is 4.52. The molecule has 6 heteroatoms. The van der Waals surface area contributed by atoms with E-state index in [1.54, 1.807) is 13.2 Å². The maximum Gasteiger partial charge on any atom is 0.270 e. The first-order chi connectivity index (χ1) is 14.4. The highest BCUT2D eigenvalue weighted by Crippen LogP contribution is 2.31. The summed E-state index contributed by atoms with van der Waals surface area (Å²) in [6.45, 7) is 3.85. The van der Waals surface area contributed by atoms with Gasteiger partial charge in [-0.15, -0.1) is 0 Å². The number of thiocarbonyl (C=S) groups is 1. The second-order valence-corrected chi connectivity index (χ2v) is 7.54. The minimum Gasteiger partial charge on any atom is -0.496 e. The molecule has 150 valence electrons. The normalized spacial score (nSPS) is 15.6. The van der Waals surface area contributed by atoms with Crippen LogP contribution in [0.4, 0.5) is 5.69 Å². The lowest BCUT2D eigenvalue weighted by atomic mass is 10.00. The number of nitrogens with one attached hydrogen (secondary N) is 1. The van der Waals surface area contributed by atoms with Crippen molar-refractivity contribution in [2.75, 3.05) is 12.0 Å². The summed E-state index contributed by atoms with van der Waals surface area (Å²) < 4.78 is 5.44. The van der Waals surface area contributed by atoms with E-state index in [0.29, 0.717) is 5.69 Å². The Balaban J connectivity index is 1.85. The van der Waals surface area contributed by atoms with Gasteiger partial charge in [-0.3, -0.25) is 19.8 Å². The summed E-state index contributed by atoms with van der Waals surface area (Å²) in [5.41, 5.74) is 3.32. The molecule has 2 amide bonds. The summed E-state index contributed by atoms with van der Waals surface area (Å²) >= 11 is 5.32. The van der Waals surface area contributed by atoms with Crippen molar-refractivity contribution in [1.82, 2.24) is 5.32 Å². The molecule has 0 bridgehead atoms. The highest BCUT2D eigenvalue weighted by molar-refractivity contribution is 7.80. The van der Waals surface area contributed by atoms with Gasteiger partial charge in [0.2, 0.25) is 0 Å². The van der Waals surface area contributed by atoms with E-state index in [1.807, 2.05) is 68.4 Å². The molecule has 0 atom stereocenters. The first kappa shape index (κ1) is 19.8. The van der Waals surface area contributed by atoms with Crippen LogP contribution in [0.3, 0.4) is 0 Å². The van der Waals surface area contributed by atoms with Crippen molar-refractivity contribution in [1.29, 1.82) is 0 Å². The second-order valence-electron chi connectivity index (χ2n) is 7.15. The number of anilines is 1. The van der Waals surface area contributed by atoms with Gasteiger partial charge in [-0.1, -0.05) is 42.5 Å². The molecule has 1 heterocycles. The van der Waals surface area contributed by atoms with Crippen molar-refractivity contribution in [2.24, 2.45) is 0 Å². The van der Waals surface area contributed by atoms with Crippen LogP contribution in [0.25, 0.3) is 16.8 Å². The molecule has 3 aromatic carbocycles. The minimum atomic E-state index is -0.508. The van der Waals surface area contributed by atoms with E-state index >= 15 is 0 Å². The van der Waals surface area contributed by atoms with E-state index in [1.165, 1.54) is 4.90 Å². The third-order valence-electron chi connectivity index (χ3n) is 5.14. The molecule has 3 aromatic rings. The monoisotopic (exact) mass is 416 g/mol. The molecule has 1 aliphatic heterocycles. The Bertz CT molecular complexity index is 1250. The summed E-state index contributed by atoms with van der Waals surface area (Å²) in [7, 11) is 1.61.